The molecule has 1 aromatic carbocycles. The predicted molar refractivity (Wildman–Crippen MR) is 134 cm³/mol. The number of piperazine rings is 1. The quantitative estimate of drug-likeness (QED) is 0.350. The number of hydrogen-bond acceptors (Lipinski definition) is 5. The van der Waals surface area contributed by atoms with Gasteiger partial charge in [-0.15, -0.1) is 24.0 Å². The first-order chi connectivity index (χ1) is 14.5. The number of hydrogen-bond donors (Lipinski definition) is 1. The van der Waals surface area contributed by atoms with E-state index < -0.39 is 0 Å². The van der Waals surface area contributed by atoms with E-state index >= 15 is 0 Å². The average Bonchev–Trinajstić information content (AvgIpc) is 3.22. The Morgan fingerprint density at radius 3 is 2.58 bits per heavy atom. The second-order valence-corrected chi connectivity index (χ2v) is 9.18. The lowest BCUT2D eigenvalue weighted by Crippen LogP contribution is -2.68. The standard InChI is InChI=1S/C23H36N4O3.HI/c1-23(2)20(18-8-13-30-21(18)23)25-22(24-3)27-11-9-26(10-12-27)15-16-14-17(28-4)6-7-19(16)29-5;/h6-7,14,18,20-21H,8-13,15H2,1-5H3,(H,24,25);1H. The van der Waals surface area contributed by atoms with E-state index in [4.69, 9.17) is 14.2 Å². The van der Waals surface area contributed by atoms with Crippen LogP contribution in [0.15, 0.2) is 23.2 Å². The molecule has 0 spiro atoms. The molecule has 2 saturated heterocycles. The second kappa shape index (κ2) is 10.1. The Balaban J connectivity index is 0.00000272. The summed E-state index contributed by atoms with van der Waals surface area (Å²) >= 11 is 0. The third-order valence-corrected chi connectivity index (χ3v) is 7.15. The van der Waals surface area contributed by atoms with Crippen LogP contribution in [-0.2, 0) is 11.3 Å². The van der Waals surface area contributed by atoms with Crippen molar-refractivity contribution >= 4 is 29.9 Å². The fourth-order valence-corrected chi connectivity index (χ4v) is 5.42. The Morgan fingerprint density at radius 2 is 1.94 bits per heavy atom. The molecule has 3 atom stereocenters. The summed E-state index contributed by atoms with van der Waals surface area (Å²) in [5, 5.41) is 3.77. The van der Waals surface area contributed by atoms with Crippen molar-refractivity contribution in [3.8, 4) is 11.5 Å². The highest BCUT2D eigenvalue weighted by molar-refractivity contribution is 14.0. The molecule has 1 aliphatic carbocycles. The SMILES string of the molecule is CN=C(NC1C2CCOC2C1(C)C)N1CCN(Cc2cc(OC)ccc2OC)CC1.I. The van der Waals surface area contributed by atoms with E-state index in [-0.39, 0.29) is 29.4 Å². The van der Waals surface area contributed by atoms with E-state index in [9.17, 15) is 0 Å². The van der Waals surface area contributed by atoms with Crippen molar-refractivity contribution in [3.63, 3.8) is 0 Å². The number of aliphatic imine (C=N–C) groups is 1. The van der Waals surface area contributed by atoms with Crippen LogP contribution in [-0.4, -0.2) is 82.0 Å². The Morgan fingerprint density at radius 1 is 1.19 bits per heavy atom. The molecule has 31 heavy (non-hydrogen) atoms. The maximum absolute atomic E-state index is 5.94. The van der Waals surface area contributed by atoms with Crippen LogP contribution in [0, 0.1) is 11.3 Å². The van der Waals surface area contributed by atoms with Gasteiger partial charge in [0.2, 0.25) is 0 Å². The van der Waals surface area contributed by atoms with Crippen LogP contribution in [0.1, 0.15) is 25.8 Å². The van der Waals surface area contributed by atoms with Crippen molar-refractivity contribution in [2.75, 3.05) is 54.1 Å². The number of nitrogens with one attached hydrogen (secondary N) is 1. The molecule has 3 fully saturated rings. The van der Waals surface area contributed by atoms with Crippen LogP contribution >= 0.6 is 24.0 Å². The van der Waals surface area contributed by atoms with Crippen molar-refractivity contribution in [2.24, 2.45) is 16.3 Å². The van der Waals surface area contributed by atoms with Crippen molar-refractivity contribution in [2.45, 2.75) is 39.0 Å². The van der Waals surface area contributed by atoms with Gasteiger partial charge >= 0.3 is 0 Å². The van der Waals surface area contributed by atoms with Gasteiger partial charge in [-0.3, -0.25) is 9.89 Å². The molecule has 1 N–H and O–H groups in total. The summed E-state index contributed by atoms with van der Waals surface area (Å²) in [6.07, 6.45) is 1.54. The number of halogens is 1. The van der Waals surface area contributed by atoms with Gasteiger partial charge in [0.05, 0.1) is 20.3 Å². The zero-order chi connectivity index (χ0) is 21.3. The first-order valence-electron chi connectivity index (χ1n) is 11.0. The molecule has 3 aliphatic rings. The highest BCUT2D eigenvalue weighted by atomic mass is 127. The van der Waals surface area contributed by atoms with E-state index in [0.29, 0.717) is 18.1 Å². The molecule has 7 nitrogen and oxygen atoms in total. The normalized spacial score (nSPS) is 27.7. The smallest absolute Gasteiger partial charge is 0.193 e. The number of ether oxygens (including phenoxy) is 3. The summed E-state index contributed by atoms with van der Waals surface area (Å²) in [6, 6.07) is 6.43. The van der Waals surface area contributed by atoms with Crippen molar-refractivity contribution in [1.82, 2.24) is 15.1 Å². The van der Waals surface area contributed by atoms with E-state index in [1.54, 1.807) is 14.2 Å². The minimum absolute atomic E-state index is 0. The lowest BCUT2D eigenvalue weighted by Gasteiger charge is -2.55. The molecule has 4 rings (SSSR count). The molecule has 1 aromatic rings. The van der Waals surface area contributed by atoms with Crippen LogP contribution in [0.4, 0.5) is 0 Å². The zero-order valence-electron chi connectivity index (χ0n) is 19.4. The number of methoxy groups -OCH3 is 2. The van der Waals surface area contributed by atoms with E-state index in [0.717, 1.165) is 68.8 Å². The van der Waals surface area contributed by atoms with Crippen LogP contribution in [0.2, 0.25) is 0 Å². The summed E-state index contributed by atoms with van der Waals surface area (Å²) in [4.78, 5) is 9.46. The van der Waals surface area contributed by atoms with Crippen LogP contribution < -0.4 is 14.8 Å². The number of rotatable bonds is 5. The molecule has 0 amide bonds. The molecule has 174 valence electrons. The zero-order valence-corrected chi connectivity index (χ0v) is 21.7. The lowest BCUT2D eigenvalue weighted by molar-refractivity contribution is -0.107. The molecule has 2 aliphatic heterocycles. The lowest BCUT2D eigenvalue weighted by atomic mass is 9.57. The summed E-state index contributed by atoms with van der Waals surface area (Å²) in [7, 11) is 5.32. The summed E-state index contributed by atoms with van der Waals surface area (Å²) in [6.45, 7) is 10.3. The highest BCUT2D eigenvalue weighted by Gasteiger charge is 2.59. The fourth-order valence-electron chi connectivity index (χ4n) is 5.42. The van der Waals surface area contributed by atoms with Gasteiger partial charge in [-0.05, 0) is 24.6 Å². The van der Waals surface area contributed by atoms with Gasteiger partial charge in [0.15, 0.2) is 5.96 Å². The maximum Gasteiger partial charge on any atom is 0.193 e. The fraction of sp³-hybridized carbons (Fsp3) is 0.696. The topological polar surface area (TPSA) is 58.6 Å². The molecule has 1 saturated carbocycles. The largest absolute Gasteiger partial charge is 0.497 e. The minimum Gasteiger partial charge on any atom is -0.497 e. The van der Waals surface area contributed by atoms with Gasteiger partial charge in [-0.1, -0.05) is 13.8 Å². The average molecular weight is 544 g/mol. The van der Waals surface area contributed by atoms with Gasteiger partial charge in [0, 0.05) is 69.3 Å². The van der Waals surface area contributed by atoms with Crippen molar-refractivity contribution < 1.29 is 14.2 Å². The highest BCUT2D eigenvalue weighted by Crippen LogP contribution is 2.52. The molecule has 0 bridgehead atoms. The molecule has 3 unspecified atom stereocenters. The maximum atomic E-state index is 5.94. The van der Waals surface area contributed by atoms with Crippen LogP contribution in [0.25, 0.3) is 0 Å². The Bertz CT molecular complexity index is 780. The summed E-state index contributed by atoms with van der Waals surface area (Å²) in [5.74, 6) is 3.42. The second-order valence-electron chi connectivity index (χ2n) is 9.18. The van der Waals surface area contributed by atoms with Gasteiger partial charge in [0.25, 0.3) is 0 Å². The van der Waals surface area contributed by atoms with Gasteiger partial charge in [-0.2, -0.15) is 0 Å². The van der Waals surface area contributed by atoms with Gasteiger partial charge in [0.1, 0.15) is 11.5 Å². The molecule has 8 heteroatoms. The number of guanidine groups is 1. The minimum atomic E-state index is 0. The monoisotopic (exact) mass is 544 g/mol. The molecule has 2 heterocycles. The van der Waals surface area contributed by atoms with E-state index in [1.165, 1.54) is 0 Å². The van der Waals surface area contributed by atoms with Gasteiger partial charge < -0.3 is 24.4 Å². The van der Waals surface area contributed by atoms with Crippen LogP contribution in [0.5, 0.6) is 11.5 Å². The van der Waals surface area contributed by atoms with Crippen molar-refractivity contribution in [1.29, 1.82) is 0 Å². The van der Waals surface area contributed by atoms with Crippen molar-refractivity contribution in [3.05, 3.63) is 23.8 Å². The van der Waals surface area contributed by atoms with Crippen LogP contribution in [0.3, 0.4) is 0 Å². The first-order valence-corrected chi connectivity index (χ1v) is 11.0. The Hall–Kier alpha value is -1.26. The number of nitrogens with zero attached hydrogens (tertiary/aromatic N) is 3. The van der Waals surface area contributed by atoms with E-state index in [2.05, 4.69) is 40.0 Å². The summed E-state index contributed by atoms with van der Waals surface area (Å²) in [5.41, 5.74) is 1.32. The van der Waals surface area contributed by atoms with Gasteiger partial charge in [-0.25, -0.2) is 0 Å². The number of fused-ring (bicyclic) bond motifs is 1. The molecular formula is C23H37IN4O3. The summed E-state index contributed by atoms with van der Waals surface area (Å²) < 4.78 is 16.9. The number of benzene rings is 1. The third kappa shape index (κ3) is 4.75. The first kappa shape index (κ1) is 24.4. The van der Waals surface area contributed by atoms with E-state index in [1.807, 2.05) is 19.2 Å². The Labute approximate surface area is 203 Å². The molecule has 0 radical (unpaired) electrons. The third-order valence-electron chi connectivity index (χ3n) is 7.15. The molecular weight excluding hydrogens is 507 g/mol. The Kier molecular flexibility index (Phi) is 7.96. The molecule has 0 aromatic heterocycles. The predicted octanol–water partition coefficient (Wildman–Crippen LogP) is 2.83.